The number of benzene rings is 4. The summed E-state index contributed by atoms with van der Waals surface area (Å²) >= 11 is 1.32. The van der Waals surface area contributed by atoms with Crippen LogP contribution in [-0.4, -0.2) is 43.0 Å². The van der Waals surface area contributed by atoms with Crippen LogP contribution >= 0.6 is 11.8 Å². The number of hydrogen-bond acceptors (Lipinski definition) is 6. The second-order valence-corrected chi connectivity index (χ2v) is 12.7. The summed E-state index contributed by atoms with van der Waals surface area (Å²) in [6.07, 6.45) is 1.74. The molecular formula is C37H36N4O4S. The molecule has 1 aliphatic rings. The van der Waals surface area contributed by atoms with E-state index in [4.69, 9.17) is 0 Å². The molecule has 8 nitrogen and oxygen atoms in total. The fourth-order valence-corrected chi connectivity index (χ4v) is 5.99. The van der Waals surface area contributed by atoms with Gasteiger partial charge in [-0.2, -0.15) is 0 Å². The topological polar surface area (TPSA) is 98.8 Å². The minimum absolute atomic E-state index is 0.0847. The maximum absolute atomic E-state index is 13.4. The molecule has 1 aliphatic heterocycles. The van der Waals surface area contributed by atoms with Gasteiger partial charge in [-0.15, -0.1) is 11.8 Å². The molecule has 4 aromatic carbocycles. The lowest BCUT2D eigenvalue weighted by atomic mass is 10.0. The van der Waals surface area contributed by atoms with Crippen molar-refractivity contribution in [2.45, 2.75) is 36.3 Å². The van der Waals surface area contributed by atoms with Crippen molar-refractivity contribution in [3.05, 3.63) is 126 Å². The van der Waals surface area contributed by atoms with Crippen molar-refractivity contribution in [3.8, 4) is 0 Å². The van der Waals surface area contributed by atoms with Gasteiger partial charge >= 0.3 is 0 Å². The summed E-state index contributed by atoms with van der Waals surface area (Å²) < 4.78 is 0. The fraction of sp³-hybridized carbons (Fsp3) is 0.189. The second-order valence-electron chi connectivity index (χ2n) is 11.5. The van der Waals surface area contributed by atoms with E-state index in [-0.39, 0.29) is 23.9 Å². The highest BCUT2D eigenvalue weighted by molar-refractivity contribution is 8.00. The molecule has 0 aliphatic carbocycles. The number of thioether (sulfide) groups is 1. The van der Waals surface area contributed by atoms with Crippen molar-refractivity contribution >= 4 is 58.5 Å². The lowest BCUT2D eigenvalue weighted by Gasteiger charge is -2.16. The average Bonchev–Trinajstić information content (AvgIpc) is 3.33. The number of anilines is 3. The minimum Gasteiger partial charge on any atom is -0.378 e. The first-order chi connectivity index (χ1) is 22.1. The van der Waals surface area contributed by atoms with Crippen molar-refractivity contribution in [2.75, 3.05) is 29.2 Å². The molecule has 0 radical (unpaired) electrons. The van der Waals surface area contributed by atoms with Crippen molar-refractivity contribution in [2.24, 2.45) is 0 Å². The van der Waals surface area contributed by atoms with Crippen molar-refractivity contribution in [1.29, 1.82) is 0 Å². The quantitative estimate of drug-likeness (QED) is 0.149. The molecule has 4 amide bonds. The van der Waals surface area contributed by atoms with Gasteiger partial charge < -0.3 is 15.5 Å². The standard InChI is InChI=1S/C37H36N4O4S/c1-24(2)26-12-18-30(19-13-26)41-34(42)23-33(37(41)45)46-31-20-14-28(15-21-31)38-36(44)32(39-35(43)27-8-6-5-7-9-27)22-25-10-16-29(17-11-25)40(3)4/h5-22,24,33H,23H2,1-4H3,(H,38,44)(H,39,43)/b32-22-. The Hall–Kier alpha value is -5.15. The Morgan fingerprint density at radius 1 is 0.870 bits per heavy atom. The molecule has 4 aromatic rings. The van der Waals surface area contributed by atoms with Crippen molar-refractivity contribution in [3.63, 3.8) is 0 Å². The zero-order chi connectivity index (χ0) is 32.8. The predicted molar refractivity (Wildman–Crippen MR) is 185 cm³/mol. The van der Waals surface area contributed by atoms with Crippen LogP contribution in [0.4, 0.5) is 17.1 Å². The lowest BCUT2D eigenvalue weighted by molar-refractivity contribution is -0.121. The number of carbonyl (C=O) groups excluding carboxylic acids is 4. The molecule has 0 spiro atoms. The van der Waals surface area contributed by atoms with Crippen LogP contribution in [0.2, 0.25) is 0 Å². The smallest absolute Gasteiger partial charge is 0.272 e. The second kappa shape index (κ2) is 14.3. The van der Waals surface area contributed by atoms with Crippen LogP contribution in [0.15, 0.2) is 114 Å². The number of amides is 4. The number of carbonyl (C=O) groups is 4. The summed E-state index contributed by atoms with van der Waals surface area (Å²) in [5.41, 5.74) is 4.50. The molecule has 0 aromatic heterocycles. The van der Waals surface area contributed by atoms with Crippen LogP contribution in [0.3, 0.4) is 0 Å². The number of nitrogens with zero attached hydrogens (tertiary/aromatic N) is 2. The molecule has 0 saturated carbocycles. The molecule has 0 bridgehead atoms. The Morgan fingerprint density at radius 3 is 2.13 bits per heavy atom. The first kappa shape index (κ1) is 32.2. The van der Waals surface area contributed by atoms with E-state index in [2.05, 4.69) is 24.5 Å². The number of imide groups is 1. The van der Waals surface area contributed by atoms with Crippen LogP contribution in [0.1, 0.15) is 47.7 Å². The molecule has 1 saturated heterocycles. The van der Waals surface area contributed by atoms with E-state index in [0.29, 0.717) is 22.9 Å². The first-order valence-electron chi connectivity index (χ1n) is 15.0. The lowest BCUT2D eigenvalue weighted by Crippen LogP contribution is -2.31. The molecule has 46 heavy (non-hydrogen) atoms. The Bertz CT molecular complexity index is 1750. The van der Waals surface area contributed by atoms with Gasteiger partial charge in [-0.3, -0.25) is 19.2 Å². The highest BCUT2D eigenvalue weighted by atomic mass is 32.2. The summed E-state index contributed by atoms with van der Waals surface area (Å²) in [5.74, 6) is -1.01. The Labute approximate surface area is 273 Å². The summed E-state index contributed by atoms with van der Waals surface area (Å²) in [6, 6.07) is 30.9. The van der Waals surface area contributed by atoms with Crippen molar-refractivity contribution < 1.29 is 19.2 Å². The first-order valence-corrected chi connectivity index (χ1v) is 15.9. The van der Waals surface area contributed by atoms with E-state index in [1.54, 1.807) is 54.6 Å². The maximum atomic E-state index is 13.4. The van der Waals surface area contributed by atoms with Gasteiger partial charge in [0.05, 0.1) is 10.9 Å². The van der Waals surface area contributed by atoms with Gasteiger partial charge in [-0.05, 0) is 83.8 Å². The van der Waals surface area contributed by atoms with Gasteiger partial charge in [0.1, 0.15) is 5.70 Å². The predicted octanol–water partition coefficient (Wildman–Crippen LogP) is 6.71. The van der Waals surface area contributed by atoms with Crippen LogP contribution in [0.25, 0.3) is 6.08 Å². The van der Waals surface area contributed by atoms with E-state index in [9.17, 15) is 19.2 Å². The minimum atomic E-state index is -0.542. The summed E-state index contributed by atoms with van der Waals surface area (Å²) in [7, 11) is 3.89. The highest BCUT2D eigenvalue weighted by Crippen LogP contribution is 2.35. The Balaban J connectivity index is 1.27. The Morgan fingerprint density at radius 2 is 1.52 bits per heavy atom. The van der Waals surface area contributed by atoms with Crippen LogP contribution in [-0.2, 0) is 14.4 Å². The SMILES string of the molecule is CC(C)c1ccc(N2C(=O)CC(Sc3ccc(NC(=O)/C(=C/c4ccc(N(C)C)cc4)NC(=O)c4ccccc4)cc3)C2=O)cc1. The third-order valence-electron chi connectivity index (χ3n) is 7.56. The van der Waals surface area contributed by atoms with E-state index in [0.717, 1.165) is 21.7 Å². The van der Waals surface area contributed by atoms with E-state index < -0.39 is 17.1 Å². The third-order valence-corrected chi connectivity index (χ3v) is 8.76. The fourth-order valence-electron chi connectivity index (χ4n) is 4.93. The van der Waals surface area contributed by atoms with Gasteiger partial charge in [0.25, 0.3) is 11.8 Å². The molecular weight excluding hydrogens is 596 g/mol. The molecule has 2 N–H and O–H groups in total. The summed E-state index contributed by atoms with van der Waals surface area (Å²) in [6.45, 7) is 4.19. The maximum Gasteiger partial charge on any atom is 0.272 e. The van der Waals surface area contributed by atoms with Gasteiger partial charge in [-0.1, -0.05) is 56.3 Å². The average molecular weight is 633 g/mol. The number of rotatable bonds is 10. The van der Waals surface area contributed by atoms with Gasteiger partial charge in [-0.25, -0.2) is 4.90 Å². The Kier molecular flexibility index (Phi) is 10.0. The van der Waals surface area contributed by atoms with Gasteiger partial charge in [0, 0.05) is 42.3 Å². The van der Waals surface area contributed by atoms with Gasteiger partial charge in [0.2, 0.25) is 11.8 Å². The molecule has 1 unspecified atom stereocenters. The summed E-state index contributed by atoms with van der Waals surface area (Å²) in [5, 5.41) is 5.07. The van der Waals surface area contributed by atoms with Crippen molar-refractivity contribution in [1.82, 2.24) is 5.32 Å². The van der Waals surface area contributed by atoms with E-state index in [1.807, 2.05) is 73.6 Å². The highest BCUT2D eigenvalue weighted by Gasteiger charge is 2.40. The molecule has 1 fully saturated rings. The monoisotopic (exact) mass is 632 g/mol. The van der Waals surface area contributed by atoms with Crippen LogP contribution < -0.4 is 20.4 Å². The molecule has 1 heterocycles. The van der Waals surface area contributed by atoms with Crippen LogP contribution in [0, 0.1) is 0 Å². The summed E-state index contributed by atoms with van der Waals surface area (Å²) in [4.78, 5) is 56.4. The number of hydrogen-bond donors (Lipinski definition) is 2. The molecule has 234 valence electrons. The van der Waals surface area contributed by atoms with E-state index in [1.165, 1.54) is 16.7 Å². The molecule has 1 atom stereocenters. The largest absolute Gasteiger partial charge is 0.378 e. The molecule has 5 rings (SSSR count). The zero-order valence-electron chi connectivity index (χ0n) is 26.2. The number of nitrogens with one attached hydrogen (secondary N) is 2. The normalized spacial score (nSPS) is 14.8. The van der Waals surface area contributed by atoms with Gasteiger partial charge in [0.15, 0.2) is 0 Å². The molecule has 9 heteroatoms. The van der Waals surface area contributed by atoms with Crippen LogP contribution in [0.5, 0.6) is 0 Å². The van der Waals surface area contributed by atoms with E-state index >= 15 is 0 Å². The third kappa shape index (κ3) is 7.73. The zero-order valence-corrected chi connectivity index (χ0v) is 27.0.